The van der Waals surface area contributed by atoms with Gasteiger partial charge < -0.3 is 24.0 Å². The van der Waals surface area contributed by atoms with Crippen molar-refractivity contribution in [2.24, 2.45) is 0 Å². The van der Waals surface area contributed by atoms with Gasteiger partial charge in [-0.15, -0.1) is 0 Å². The van der Waals surface area contributed by atoms with E-state index < -0.39 is 32.5 Å². The lowest BCUT2D eigenvalue weighted by atomic mass is 10.0. The van der Waals surface area contributed by atoms with Crippen molar-refractivity contribution in [3.8, 4) is 0 Å². The van der Waals surface area contributed by atoms with E-state index in [9.17, 15) is 24.2 Å². The minimum absolute atomic E-state index is 0.0133. The van der Waals surface area contributed by atoms with Crippen molar-refractivity contribution >= 4 is 19.8 Å². The number of ether oxygens (including phenoxy) is 2. The first kappa shape index (κ1) is 60.7. The average Bonchev–Trinajstić information content (AvgIpc) is 3.24. The lowest BCUT2D eigenvalue weighted by Crippen LogP contribution is -2.37. The smallest absolute Gasteiger partial charge is 0.462 e. The highest BCUT2D eigenvalue weighted by atomic mass is 31.2. The number of nitrogens with zero attached hydrogens (tertiary/aromatic N) is 1. The van der Waals surface area contributed by atoms with Crippen LogP contribution in [-0.2, 0) is 32.7 Å². The van der Waals surface area contributed by atoms with Crippen LogP contribution in [0.5, 0.6) is 0 Å². The first-order valence-electron chi connectivity index (χ1n) is 25.1. The molecular weight excluding hydrogens is 814 g/mol. The van der Waals surface area contributed by atoms with Crippen molar-refractivity contribution in [1.82, 2.24) is 0 Å². The molecule has 2 N–H and O–H groups in total. The number of rotatable bonds is 45. The van der Waals surface area contributed by atoms with Crippen LogP contribution in [0.4, 0.5) is 0 Å². The fraction of sp³-hybridized carbons (Fsp3) is 0.769. The van der Waals surface area contributed by atoms with Crippen LogP contribution >= 0.6 is 7.82 Å². The van der Waals surface area contributed by atoms with Gasteiger partial charge in [0.05, 0.1) is 33.9 Å². The number of hydrogen-bond acceptors (Lipinski definition) is 8. The lowest BCUT2D eigenvalue weighted by Gasteiger charge is -2.24. The maximum Gasteiger partial charge on any atom is 0.472 e. The molecule has 0 aliphatic carbocycles. The number of carbonyl (C=O) groups is 2. The second kappa shape index (κ2) is 43.6. The van der Waals surface area contributed by atoms with Crippen LogP contribution in [0.3, 0.4) is 0 Å². The molecule has 0 radical (unpaired) electrons. The summed E-state index contributed by atoms with van der Waals surface area (Å²) < 4.78 is 34.3. The molecule has 366 valence electrons. The van der Waals surface area contributed by atoms with Crippen LogP contribution in [-0.4, -0.2) is 86.1 Å². The number of aliphatic hydroxyl groups is 1. The Hall–Kier alpha value is -2.33. The van der Waals surface area contributed by atoms with Crippen molar-refractivity contribution in [2.45, 2.75) is 212 Å². The van der Waals surface area contributed by atoms with Gasteiger partial charge in [-0.2, -0.15) is 0 Å². The molecule has 0 saturated carbocycles. The molecule has 10 nitrogen and oxygen atoms in total. The summed E-state index contributed by atoms with van der Waals surface area (Å²) in [6.45, 7) is 4.07. The Morgan fingerprint density at radius 1 is 0.556 bits per heavy atom. The third-order valence-corrected chi connectivity index (χ3v) is 11.7. The Labute approximate surface area is 386 Å². The largest absolute Gasteiger partial charge is 0.472 e. The summed E-state index contributed by atoms with van der Waals surface area (Å²) in [6.07, 6.45) is 50.8. The molecule has 1 unspecified atom stereocenters. The average molecular weight is 909 g/mol. The van der Waals surface area contributed by atoms with E-state index in [1.807, 2.05) is 34.1 Å². The fourth-order valence-electron chi connectivity index (χ4n) is 6.57. The molecule has 11 heteroatoms. The zero-order valence-electron chi connectivity index (χ0n) is 40.9. The van der Waals surface area contributed by atoms with Crippen molar-refractivity contribution in [3.63, 3.8) is 0 Å². The molecule has 0 aliphatic heterocycles. The molecule has 0 aromatic carbocycles. The molecule has 0 saturated heterocycles. The number of hydrogen-bond donors (Lipinski definition) is 2. The van der Waals surface area contributed by atoms with Gasteiger partial charge in [-0.3, -0.25) is 18.6 Å². The van der Waals surface area contributed by atoms with Crippen molar-refractivity contribution < 1.29 is 47.2 Å². The quantitative estimate of drug-likeness (QED) is 0.0202. The van der Waals surface area contributed by atoms with Crippen molar-refractivity contribution in [3.05, 3.63) is 60.8 Å². The first-order chi connectivity index (χ1) is 30.4. The highest BCUT2D eigenvalue weighted by molar-refractivity contribution is 7.47. The summed E-state index contributed by atoms with van der Waals surface area (Å²) in [5, 5.41) is 9.58. The molecule has 0 spiro atoms. The third-order valence-electron chi connectivity index (χ3n) is 10.7. The number of quaternary nitrogens is 1. The topological polar surface area (TPSA) is 129 Å². The van der Waals surface area contributed by atoms with E-state index in [4.69, 9.17) is 18.5 Å². The molecule has 0 rings (SSSR count). The van der Waals surface area contributed by atoms with Gasteiger partial charge in [-0.25, -0.2) is 4.57 Å². The zero-order chi connectivity index (χ0) is 46.5. The number of esters is 2. The molecule has 0 bridgehead atoms. The van der Waals surface area contributed by atoms with Crippen molar-refractivity contribution in [2.75, 3.05) is 47.5 Å². The summed E-state index contributed by atoms with van der Waals surface area (Å²) in [6, 6.07) is 0. The van der Waals surface area contributed by atoms with E-state index in [2.05, 4.69) is 61.6 Å². The molecular formula is C52H95NO9P+. The Bertz CT molecular complexity index is 1270. The predicted octanol–water partition coefficient (Wildman–Crippen LogP) is 13.8. The van der Waals surface area contributed by atoms with Crippen LogP contribution in [0.25, 0.3) is 0 Å². The Morgan fingerprint density at radius 2 is 1.00 bits per heavy atom. The van der Waals surface area contributed by atoms with Gasteiger partial charge in [0.15, 0.2) is 6.10 Å². The molecule has 0 aliphatic rings. The summed E-state index contributed by atoms with van der Waals surface area (Å²) in [7, 11) is 1.42. The van der Waals surface area contributed by atoms with Gasteiger partial charge in [0.2, 0.25) is 0 Å². The lowest BCUT2D eigenvalue weighted by molar-refractivity contribution is -0.870. The molecule has 63 heavy (non-hydrogen) atoms. The molecule has 3 atom stereocenters. The first-order valence-corrected chi connectivity index (χ1v) is 26.6. The van der Waals surface area contributed by atoms with E-state index in [-0.39, 0.29) is 32.2 Å². The van der Waals surface area contributed by atoms with Gasteiger partial charge in [0.25, 0.3) is 0 Å². The van der Waals surface area contributed by atoms with E-state index in [1.54, 1.807) is 0 Å². The van der Waals surface area contributed by atoms with E-state index in [1.165, 1.54) is 103 Å². The number of unbranched alkanes of at least 4 members (excludes halogenated alkanes) is 18. The monoisotopic (exact) mass is 909 g/mol. The van der Waals surface area contributed by atoms with E-state index in [0.29, 0.717) is 23.9 Å². The number of phosphoric acid groups is 1. The molecule has 0 aromatic rings. The Balaban J connectivity index is 4.35. The number of carbonyl (C=O) groups excluding carboxylic acids is 2. The van der Waals surface area contributed by atoms with Crippen molar-refractivity contribution in [1.29, 1.82) is 0 Å². The second-order valence-corrected chi connectivity index (χ2v) is 19.4. The molecule has 0 amide bonds. The molecule has 0 aromatic heterocycles. The Morgan fingerprint density at radius 3 is 1.52 bits per heavy atom. The maximum absolute atomic E-state index is 12.7. The molecule has 0 fully saturated rings. The fourth-order valence-corrected chi connectivity index (χ4v) is 7.31. The standard InChI is InChI=1S/C52H94NO9P/c1-6-8-9-10-11-12-13-14-15-16-17-18-19-20-21-25-28-31-34-37-40-43-51(55)59-47-50(48-61-63(57,58)60-46-45-53(3,4)5)62-52(56)44-41-38-35-32-29-26-23-22-24-27-30-33-36-39-42-49(54)7-2/h14-15,23-24,26-27,32-33,35-36,49-50,54H,6-13,16-22,25,28-31,34,37-48H2,1-5H3/p+1/b15-14-,26-23-,27-24-,35-32-,36-33-/t49-,50-/m1/s1. The summed E-state index contributed by atoms with van der Waals surface area (Å²) in [5.74, 6) is -0.882. The summed E-state index contributed by atoms with van der Waals surface area (Å²) >= 11 is 0. The van der Waals surface area contributed by atoms with E-state index in [0.717, 1.165) is 57.8 Å². The predicted molar refractivity (Wildman–Crippen MR) is 262 cm³/mol. The number of phosphoric ester groups is 1. The highest BCUT2D eigenvalue weighted by Crippen LogP contribution is 2.43. The van der Waals surface area contributed by atoms with Gasteiger partial charge in [0, 0.05) is 12.8 Å². The maximum atomic E-state index is 12.7. The van der Waals surface area contributed by atoms with Crippen LogP contribution in [0.1, 0.15) is 200 Å². The van der Waals surface area contributed by atoms with Gasteiger partial charge in [-0.05, 0) is 83.5 Å². The number of aliphatic hydroxyl groups excluding tert-OH is 1. The third kappa shape index (κ3) is 47.5. The van der Waals surface area contributed by atoms with Crippen LogP contribution < -0.4 is 0 Å². The van der Waals surface area contributed by atoms with Crippen LogP contribution in [0, 0.1) is 0 Å². The second-order valence-electron chi connectivity index (χ2n) is 18.0. The summed E-state index contributed by atoms with van der Waals surface area (Å²) in [5.41, 5.74) is 0. The zero-order valence-corrected chi connectivity index (χ0v) is 41.8. The number of allylic oxidation sites excluding steroid dienone is 10. The van der Waals surface area contributed by atoms with Gasteiger partial charge in [-0.1, -0.05) is 164 Å². The summed E-state index contributed by atoms with van der Waals surface area (Å²) in [4.78, 5) is 35.5. The molecule has 0 heterocycles. The van der Waals surface area contributed by atoms with Crippen LogP contribution in [0.2, 0.25) is 0 Å². The normalized spacial score (nSPS) is 14.5. The highest BCUT2D eigenvalue weighted by Gasteiger charge is 2.27. The van der Waals surface area contributed by atoms with E-state index >= 15 is 0 Å². The Kier molecular flexibility index (Phi) is 41.9. The minimum Gasteiger partial charge on any atom is -0.462 e. The minimum atomic E-state index is -4.40. The van der Waals surface area contributed by atoms with Gasteiger partial charge >= 0.3 is 19.8 Å². The van der Waals surface area contributed by atoms with Gasteiger partial charge in [0.1, 0.15) is 19.8 Å². The SMILES string of the molecule is CCCCCCCC/C=C\CCCCCCCCCCCCCC(=O)OC[C@H](COP(=O)(O)OCC[N+](C)(C)C)OC(=O)CCC/C=C\C/C=C\C/C=C\C/C=C\CC[C@H](O)CC. The number of likely N-dealkylation sites (N-methyl/N-ethyl adjacent to an activating group) is 1. The van der Waals surface area contributed by atoms with Crippen LogP contribution in [0.15, 0.2) is 60.8 Å².